The zero-order chi connectivity index (χ0) is 13.0. The molecule has 0 aliphatic carbocycles. The molecular weight excluding hydrogens is 226 g/mol. The Kier molecular flexibility index (Phi) is 2.48. The number of carbonyl (C=O) groups is 2. The van der Waals surface area contributed by atoms with Gasteiger partial charge in [-0.2, -0.15) is 0 Å². The molecule has 0 bridgehead atoms. The molecule has 4 atom stereocenters. The molecule has 2 saturated heterocycles. The highest BCUT2D eigenvalue weighted by atomic mass is 16.6. The standard InChI is InChI=1S/C11H17NO5/c1-5(2)6(13)11-9(15)17-10(11,3)7(16-4)8(14)12-11/h5-7,13H,1-4H3,(H,12,14)/t6-,7?,10-,11?/m0/s1. The van der Waals surface area contributed by atoms with Crippen LogP contribution < -0.4 is 5.32 Å². The van der Waals surface area contributed by atoms with Crippen LogP contribution in [0.4, 0.5) is 0 Å². The van der Waals surface area contributed by atoms with E-state index in [-0.39, 0.29) is 5.92 Å². The summed E-state index contributed by atoms with van der Waals surface area (Å²) in [5, 5.41) is 12.8. The number of methoxy groups -OCH3 is 1. The summed E-state index contributed by atoms with van der Waals surface area (Å²) in [5.41, 5.74) is -2.52. The molecule has 0 spiro atoms. The minimum atomic E-state index is -1.38. The van der Waals surface area contributed by atoms with Crippen molar-refractivity contribution in [2.24, 2.45) is 5.92 Å². The molecule has 2 rings (SSSR count). The lowest BCUT2D eigenvalue weighted by atomic mass is 9.69. The van der Waals surface area contributed by atoms with Gasteiger partial charge in [0.25, 0.3) is 5.91 Å². The molecule has 0 saturated carbocycles. The first-order valence-electron chi connectivity index (χ1n) is 5.57. The number of amides is 1. The first-order valence-corrected chi connectivity index (χ1v) is 5.57. The van der Waals surface area contributed by atoms with Gasteiger partial charge in [0.2, 0.25) is 5.54 Å². The van der Waals surface area contributed by atoms with Crippen molar-refractivity contribution in [3.05, 3.63) is 0 Å². The molecule has 6 heteroatoms. The molecule has 2 unspecified atom stereocenters. The summed E-state index contributed by atoms with van der Waals surface area (Å²) in [5.74, 6) is -1.22. The summed E-state index contributed by atoms with van der Waals surface area (Å²) >= 11 is 0. The van der Waals surface area contributed by atoms with Crippen LogP contribution in [0.15, 0.2) is 0 Å². The van der Waals surface area contributed by atoms with Gasteiger partial charge < -0.3 is 19.9 Å². The zero-order valence-electron chi connectivity index (χ0n) is 10.3. The smallest absolute Gasteiger partial charge is 0.339 e. The highest BCUT2D eigenvalue weighted by molar-refractivity contribution is 6.03. The van der Waals surface area contributed by atoms with Gasteiger partial charge in [-0.25, -0.2) is 4.79 Å². The molecule has 2 fully saturated rings. The fourth-order valence-corrected chi connectivity index (χ4v) is 2.78. The Hall–Kier alpha value is -1.14. The van der Waals surface area contributed by atoms with Crippen molar-refractivity contribution in [2.45, 2.75) is 44.1 Å². The molecule has 17 heavy (non-hydrogen) atoms. The van der Waals surface area contributed by atoms with E-state index in [4.69, 9.17) is 9.47 Å². The van der Waals surface area contributed by atoms with Gasteiger partial charge in [-0.1, -0.05) is 13.8 Å². The highest BCUT2D eigenvalue weighted by Crippen LogP contribution is 2.49. The van der Waals surface area contributed by atoms with Crippen LogP contribution in [0.25, 0.3) is 0 Å². The maximum atomic E-state index is 11.8. The number of nitrogens with one attached hydrogen (secondary N) is 1. The Bertz CT molecular complexity index is 382. The van der Waals surface area contributed by atoms with Gasteiger partial charge >= 0.3 is 5.97 Å². The van der Waals surface area contributed by atoms with Crippen LogP contribution in [0.3, 0.4) is 0 Å². The SMILES string of the molecule is COC1C(=O)NC2([C@@H](O)C(C)C)C(=O)O[C@@]12C. The molecule has 2 aliphatic rings. The van der Waals surface area contributed by atoms with E-state index in [1.54, 1.807) is 20.8 Å². The van der Waals surface area contributed by atoms with Gasteiger partial charge in [0.15, 0.2) is 11.7 Å². The average Bonchev–Trinajstić information content (AvgIpc) is 2.41. The Morgan fingerprint density at radius 1 is 1.47 bits per heavy atom. The molecule has 0 aromatic carbocycles. The Morgan fingerprint density at radius 2 is 2.06 bits per heavy atom. The number of carbonyl (C=O) groups excluding carboxylic acids is 2. The number of aliphatic hydroxyl groups is 1. The number of ether oxygens (including phenoxy) is 2. The van der Waals surface area contributed by atoms with Crippen molar-refractivity contribution >= 4 is 11.9 Å². The van der Waals surface area contributed by atoms with Gasteiger partial charge in [0, 0.05) is 7.11 Å². The minimum Gasteiger partial charge on any atom is -0.451 e. The average molecular weight is 243 g/mol. The van der Waals surface area contributed by atoms with Crippen molar-refractivity contribution in [1.29, 1.82) is 0 Å². The van der Waals surface area contributed by atoms with Gasteiger partial charge in [-0.3, -0.25) is 4.79 Å². The quantitative estimate of drug-likeness (QED) is 0.634. The van der Waals surface area contributed by atoms with Crippen molar-refractivity contribution < 1.29 is 24.2 Å². The first kappa shape index (κ1) is 12.3. The van der Waals surface area contributed by atoms with Crippen LogP contribution in [0.5, 0.6) is 0 Å². The number of hydrogen-bond donors (Lipinski definition) is 2. The van der Waals surface area contributed by atoms with E-state index in [0.717, 1.165) is 0 Å². The number of hydrogen-bond acceptors (Lipinski definition) is 5. The van der Waals surface area contributed by atoms with Crippen molar-refractivity contribution in [3.63, 3.8) is 0 Å². The van der Waals surface area contributed by atoms with E-state index >= 15 is 0 Å². The summed E-state index contributed by atoms with van der Waals surface area (Å²) in [6, 6.07) is 0. The summed E-state index contributed by atoms with van der Waals surface area (Å²) < 4.78 is 10.2. The van der Waals surface area contributed by atoms with Gasteiger partial charge in [0.05, 0.1) is 6.10 Å². The van der Waals surface area contributed by atoms with Crippen LogP contribution in [0, 0.1) is 5.92 Å². The summed E-state index contributed by atoms with van der Waals surface area (Å²) in [6.07, 6.45) is -1.88. The third kappa shape index (κ3) is 1.17. The normalized spacial score (nSPS) is 41.6. The Labute approximate surface area is 99.3 Å². The second kappa shape index (κ2) is 3.43. The lowest BCUT2D eigenvalue weighted by Gasteiger charge is -2.53. The van der Waals surface area contributed by atoms with E-state index in [1.807, 2.05) is 0 Å². The van der Waals surface area contributed by atoms with Crippen molar-refractivity contribution in [3.8, 4) is 0 Å². The molecular formula is C11H17NO5. The first-order chi connectivity index (χ1) is 7.81. The van der Waals surface area contributed by atoms with Crippen LogP contribution in [-0.4, -0.2) is 47.4 Å². The molecule has 1 amide bonds. The van der Waals surface area contributed by atoms with Gasteiger partial charge in [0.1, 0.15) is 0 Å². The largest absolute Gasteiger partial charge is 0.451 e. The molecule has 0 aromatic heterocycles. The van der Waals surface area contributed by atoms with Crippen LogP contribution in [0.2, 0.25) is 0 Å². The third-order valence-electron chi connectivity index (χ3n) is 3.78. The second-order valence-electron chi connectivity index (χ2n) is 5.10. The maximum Gasteiger partial charge on any atom is 0.339 e. The number of rotatable bonds is 3. The monoisotopic (exact) mass is 243 g/mol. The number of esters is 1. The highest BCUT2D eigenvalue weighted by Gasteiger charge is 2.80. The second-order valence-corrected chi connectivity index (χ2v) is 5.10. The van der Waals surface area contributed by atoms with Crippen LogP contribution in [0.1, 0.15) is 20.8 Å². The fraction of sp³-hybridized carbons (Fsp3) is 0.818. The molecule has 0 radical (unpaired) electrons. The van der Waals surface area contributed by atoms with Crippen LogP contribution >= 0.6 is 0 Å². The van der Waals surface area contributed by atoms with Crippen molar-refractivity contribution in [2.75, 3.05) is 7.11 Å². The van der Waals surface area contributed by atoms with Gasteiger partial charge in [-0.15, -0.1) is 0 Å². The summed E-state index contributed by atoms with van der Waals surface area (Å²) in [6.45, 7) is 5.15. The lowest BCUT2D eigenvalue weighted by Crippen LogP contribution is -2.80. The van der Waals surface area contributed by atoms with Gasteiger partial charge in [-0.05, 0) is 12.8 Å². The minimum absolute atomic E-state index is 0.182. The van der Waals surface area contributed by atoms with Crippen molar-refractivity contribution in [1.82, 2.24) is 5.32 Å². The van der Waals surface area contributed by atoms with E-state index < -0.39 is 35.2 Å². The molecule has 2 aliphatic heterocycles. The van der Waals surface area contributed by atoms with E-state index in [2.05, 4.69) is 5.32 Å². The molecule has 2 heterocycles. The van der Waals surface area contributed by atoms with E-state index in [9.17, 15) is 14.7 Å². The Balaban J connectivity index is 2.45. The lowest BCUT2D eigenvalue weighted by molar-refractivity contribution is -0.246. The summed E-state index contributed by atoms with van der Waals surface area (Å²) in [7, 11) is 1.37. The predicted molar refractivity (Wildman–Crippen MR) is 57.0 cm³/mol. The molecule has 2 N–H and O–H groups in total. The van der Waals surface area contributed by atoms with Crippen LogP contribution in [-0.2, 0) is 19.1 Å². The summed E-state index contributed by atoms with van der Waals surface area (Å²) in [4.78, 5) is 23.5. The fourth-order valence-electron chi connectivity index (χ4n) is 2.78. The Morgan fingerprint density at radius 3 is 2.47 bits per heavy atom. The number of aliphatic hydroxyl groups excluding tert-OH is 1. The number of fused-ring (bicyclic) bond motifs is 1. The third-order valence-corrected chi connectivity index (χ3v) is 3.78. The molecule has 6 nitrogen and oxygen atoms in total. The zero-order valence-corrected chi connectivity index (χ0v) is 10.3. The van der Waals surface area contributed by atoms with E-state index in [0.29, 0.717) is 0 Å². The van der Waals surface area contributed by atoms with E-state index in [1.165, 1.54) is 7.11 Å². The maximum absolute atomic E-state index is 11.8. The predicted octanol–water partition coefficient (Wildman–Crippen LogP) is -0.798. The topological polar surface area (TPSA) is 84.9 Å². The molecule has 96 valence electrons. The molecule has 0 aromatic rings.